The van der Waals surface area contributed by atoms with Gasteiger partial charge in [0.1, 0.15) is 36.3 Å². The van der Waals surface area contributed by atoms with Gasteiger partial charge in [-0.2, -0.15) is 0 Å². The van der Waals surface area contributed by atoms with E-state index in [2.05, 4.69) is 27.3 Å². The third-order valence-electron chi connectivity index (χ3n) is 12.9. The van der Waals surface area contributed by atoms with E-state index < -0.39 is 101 Å². The van der Waals surface area contributed by atoms with Crippen molar-refractivity contribution in [2.45, 2.75) is 134 Å². The number of carbonyl (C=O) groups is 4. The van der Waals surface area contributed by atoms with Crippen LogP contribution in [0.1, 0.15) is 80.4 Å². The molecule has 16 heteroatoms. The summed E-state index contributed by atoms with van der Waals surface area (Å²) in [6.45, 7) is 12.3. The molecule has 4 aliphatic rings. The van der Waals surface area contributed by atoms with Crippen LogP contribution in [-0.2, 0) is 42.9 Å². The van der Waals surface area contributed by atoms with Gasteiger partial charge in [0.25, 0.3) is 5.67 Å². The van der Waals surface area contributed by atoms with Crippen molar-refractivity contribution in [2.75, 3.05) is 27.2 Å². The number of cyclic esters (lactones) is 1. The molecule has 4 fully saturated rings. The van der Waals surface area contributed by atoms with Crippen LogP contribution in [0.15, 0.2) is 35.0 Å². The number of hydrogen-bond acceptors (Lipinski definition) is 15. The topological polar surface area (TPSA) is 189 Å². The molecule has 322 valence electrons. The molecule has 6 heterocycles. The number of ether oxygens (including phenoxy) is 5. The lowest BCUT2D eigenvalue weighted by Gasteiger charge is -2.48. The third-order valence-corrected chi connectivity index (χ3v) is 12.9. The zero-order valence-electron chi connectivity index (χ0n) is 35.4. The smallest absolute Gasteiger partial charge is 0.351 e. The minimum Gasteiger partial charge on any atom is -0.455 e. The Bertz CT molecular complexity index is 1970. The van der Waals surface area contributed by atoms with Gasteiger partial charge in [-0.1, -0.05) is 44.8 Å². The number of ketones is 2. The fourth-order valence-electron chi connectivity index (χ4n) is 9.87. The van der Waals surface area contributed by atoms with Gasteiger partial charge in [0, 0.05) is 48.0 Å². The lowest BCUT2D eigenvalue weighted by Crippen LogP contribution is -2.61. The van der Waals surface area contributed by atoms with E-state index in [9.17, 15) is 24.3 Å². The number of Topliss-reactive ketones (excluding diaryl/α,β-unsaturated/α-hetero) is 2. The largest absolute Gasteiger partial charge is 0.455 e. The molecule has 2 N–H and O–H groups in total. The van der Waals surface area contributed by atoms with Gasteiger partial charge in [0.05, 0.1) is 23.5 Å². The van der Waals surface area contributed by atoms with E-state index in [1.54, 1.807) is 59.0 Å². The van der Waals surface area contributed by atoms with E-state index in [0.717, 1.165) is 6.92 Å². The van der Waals surface area contributed by atoms with E-state index in [-0.39, 0.29) is 37.5 Å². The fourth-order valence-corrected chi connectivity index (χ4v) is 9.87. The number of aliphatic hydroxyl groups excluding tert-OH is 1. The van der Waals surface area contributed by atoms with Crippen molar-refractivity contribution >= 4 is 23.5 Å². The summed E-state index contributed by atoms with van der Waals surface area (Å²) in [5, 5.41) is 18.8. The Labute approximate surface area is 344 Å². The summed E-state index contributed by atoms with van der Waals surface area (Å²) in [6.07, 6.45) is -3.47. The summed E-state index contributed by atoms with van der Waals surface area (Å²) in [5.41, 5.74) is -6.58. The summed E-state index contributed by atoms with van der Waals surface area (Å²) in [5.74, 6) is -0.622. The number of hydrogen-bond donors (Lipinski definition) is 2. The second-order valence-electron chi connectivity index (χ2n) is 17.6. The Hall–Kier alpha value is -4.11. The highest BCUT2D eigenvalue weighted by Gasteiger charge is 2.69. The number of rotatable bonds is 7. The molecule has 2 aromatic rings. The SMILES string of the molecule is CC[C@H]1OC(=O)[C@](C)(F)C(=O)[C@H](C)[C@@H](O[C@@H]2O[C@H](C)C[C@H](N(C)C)[C@H]2O)[C@@](C)(OCC#Cc2cc(-c3ccccn3)no2)C[C@@H](C)C(=O)[C@]2(C)CN[C@H]3C(=O)O[C@@]1(C)[C@H]32. The average molecular weight is 825 g/mol. The molecular formula is C43H57FN4O11. The Morgan fingerprint density at radius 1 is 1.07 bits per heavy atom. The van der Waals surface area contributed by atoms with Crippen LogP contribution in [-0.4, -0.2) is 131 Å². The first-order valence-corrected chi connectivity index (χ1v) is 20.3. The van der Waals surface area contributed by atoms with Crippen molar-refractivity contribution in [3.8, 4) is 23.2 Å². The lowest BCUT2D eigenvalue weighted by atomic mass is 9.62. The van der Waals surface area contributed by atoms with E-state index >= 15 is 4.39 Å². The first-order valence-electron chi connectivity index (χ1n) is 20.3. The Morgan fingerprint density at radius 3 is 2.46 bits per heavy atom. The summed E-state index contributed by atoms with van der Waals surface area (Å²) < 4.78 is 53.5. The Morgan fingerprint density at radius 2 is 1.80 bits per heavy atom. The third kappa shape index (κ3) is 8.22. The Balaban J connectivity index is 1.43. The molecule has 4 saturated heterocycles. The molecule has 2 aromatic heterocycles. The minimum absolute atomic E-state index is 0.0950. The van der Waals surface area contributed by atoms with E-state index in [1.807, 2.05) is 32.0 Å². The molecule has 0 radical (unpaired) electrons. The maximum atomic E-state index is 17.0. The maximum absolute atomic E-state index is 17.0. The molecule has 0 spiro atoms. The van der Waals surface area contributed by atoms with Crippen molar-refractivity contribution in [3.63, 3.8) is 0 Å². The van der Waals surface area contributed by atoms with Crippen LogP contribution in [0, 0.1) is 35.0 Å². The zero-order valence-corrected chi connectivity index (χ0v) is 35.4. The highest BCUT2D eigenvalue weighted by Crippen LogP contribution is 2.53. The van der Waals surface area contributed by atoms with Crippen LogP contribution in [0.5, 0.6) is 0 Å². The van der Waals surface area contributed by atoms with E-state index in [0.29, 0.717) is 17.8 Å². The standard InChI is InChI=1S/C43H57FN4O11/c1-11-30-43(8)33-31(37(52)58-43)46-22-40(33,5)34(50)23(2)21-41(6,54-18-14-15-26-20-28(47-59-26)27-16-12-13-17-45-27)36(25(4)35(51)42(7,44)39(53)56-30)57-38-32(49)29(48(9)10)19-24(3)55-38/h12-13,16-17,20,23-25,29-33,36,38,46,49H,11,18-19,21-22H2,1-10H3/t23-,24-,25+,29+,30-,31-,32-,33-,36-,38+,40-,41+,42-,43-/m1/s1. The van der Waals surface area contributed by atoms with Gasteiger partial charge >= 0.3 is 11.9 Å². The molecule has 0 unspecified atom stereocenters. The van der Waals surface area contributed by atoms with Crippen LogP contribution in [0.4, 0.5) is 4.39 Å². The van der Waals surface area contributed by atoms with Crippen LogP contribution in [0.2, 0.25) is 0 Å². The van der Waals surface area contributed by atoms with Gasteiger partial charge in [0.2, 0.25) is 5.76 Å². The molecule has 0 aromatic carbocycles. The second kappa shape index (κ2) is 16.7. The molecule has 59 heavy (non-hydrogen) atoms. The number of esters is 2. The molecule has 14 atom stereocenters. The number of halogens is 1. The van der Waals surface area contributed by atoms with Gasteiger partial charge in [-0.15, -0.1) is 0 Å². The van der Waals surface area contributed by atoms with Crippen LogP contribution < -0.4 is 5.32 Å². The van der Waals surface area contributed by atoms with E-state index in [1.165, 1.54) is 6.92 Å². The lowest BCUT2D eigenvalue weighted by molar-refractivity contribution is -0.296. The molecule has 15 nitrogen and oxygen atoms in total. The molecule has 0 saturated carbocycles. The van der Waals surface area contributed by atoms with Gasteiger partial charge in [0.15, 0.2) is 17.7 Å². The summed E-state index contributed by atoms with van der Waals surface area (Å²) in [6, 6.07) is 5.67. The molecule has 0 bridgehead atoms. The van der Waals surface area contributed by atoms with Crippen LogP contribution >= 0.6 is 0 Å². The summed E-state index contributed by atoms with van der Waals surface area (Å²) >= 11 is 0. The number of alkyl halides is 1. The number of aromatic nitrogens is 2. The minimum atomic E-state index is -3.22. The number of aliphatic hydroxyl groups is 1. The number of nitrogens with one attached hydrogen (secondary N) is 1. The molecule has 0 amide bonds. The average Bonchev–Trinajstić information content (AvgIpc) is 3.89. The molecule has 6 rings (SSSR count). The molecular weight excluding hydrogens is 767 g/mol. The van der Waals surface area contributed by atoms with E-state index in [4.69, 9.17) is 28.2 Å². The van der Waals surface area contributed by atoms with Gasteiger partial charge < -0.3 is 43.5 Å². The number of pyridine rings is 1. The summed E-state index contributed by atoms with van der Waals surface area (Å²) in [4.78, 5) is 62.8. The number of likely N-dealkylation sites (N-methyl/N-ethyl adjacent to an activating group) is 1. The van der Waals surface area contributed by atoms with Crippen molar-refractivity contribution < 1.29 is 56.9 Å². The van der Waals surface area contributed by atoms with Crippen molar-refractivity contribution in [1.82, 2.24) is 20.4 Å². The predicted octanol–water partition coefficient (Wildman–Crippen LogP) is 3.45. The van der Waals surface area contributed by atoms with Gasteiger partial charge in [-0.25, -0.2) is 9.18 Å². The van der Waals surface area contributed by atoms with Crippen LogP contribution in [0.25, 0.3) is 11.4 Å². The molecule has 0 aliphatic carbocycles. The predicted molar refractivity (Wildman–Crippen MR) is 209 cm³/mol. The number of carbonyl (C=O) groups excluding carboxylic acids is 4. The first-order chi connectivity index (χ1) is 27.7. The Kier molecular flexibility index (Phi) is 12.6. The first kappa shape index (κ1) is 44.4. The van der Waals surface area contributed by atoms with Crippen LogP contribution in [0.3, 0.4) is 0 Å². The maximum Gasteiger partial charge on any atom is 0.351 e. The highest BCUT2D eigenvalue weighted by molar-refractivity contribution is 6.08. The zero-order chi connectivity index (χ0) is 43.2. The van der Waals surface area contributed by atoms with Crippen molar-refractivity contribution in [1.29, 1.82) is 0 Å². The fraction of sp³-hybridized carbons (Fsp3) is 0.674. The normalized spacial score (nSPS) is 40.5. The highest BCUT2D eigenvalue weighted by atomic mass is 19.1. The van der Waals surface area contributed by atoms with Crippen molar-refractivity contribution in [2.24, 2.45) is 23.2 Å². The summed E-state index contributed by atoms with van der Waals surface area (Å²) in [7, 11) is 3.62. The van der Waals surface area contributed by atoms with Gasteiger partial charge in [-0.3, -0.25) is 19.4 Å². The molecule has 4 aliphatic heterocycles. The number of nitrogens with zero attached hydrogens (tertiary/aromatic N) is 3. The van der Waals surface area contributed by atoms with Crippen molar-refractivity contribution in [3.05, 3.63) is 36.2 Å². The monoisotopic (exact) mass is 824 g/mol. The quantitative estimate of drug-likeness (QED) is 0.235. The van der Waals surface area contributed by atoms with Gasteiger partial charge in [-0.05, 0) is 79.1 Å². The second-order valence-corrected chi connectivity index (χ2v) is 17.6.